The van der Waals surface area contributed by atoms with Crippen molar-refractivity contribution < 1.29 is 9.52 Å². The molecule has 1 aromatic carbocycles. The van der Waals surface area contributed by atoms with Gasteiger partial charge in [-0.25, -0.2) is 4.98 Å². The summed E-state index contributed by atoms with van der Waals surface area (Å²) in [5, 5.41) is 8.86. The number of benzene rings is 1. The van der Waals surface area contributed by atoms with Crippen LogP contribution in [0.5, 0.6) is 0 Å². The van der Waals surface area contributed by atoms with Crippen LogP contribution in [0, 0.1) is 0 Å². The van der Waals surface area contributed by atoms with Crippen molar-refractivity contribution >= 4 is 11.1 Å². The average Bonchev–Trinajstić information content (AvgIpc) is 2.89. The topological polar surface area (TPSA) is 49.5 Å². The van der Waals surface area contributed by atoms with Gasteiger partial charge in [0.1, 0.15) is 5.52 Å². The summed E-state index contributed by atoms with van der Waals surface area (Å²) in [4.78, 5) is 7.01. The lowest BCUT2D eigenvalue weighted by atomic mass is 9.97. The molecule has 0 unspecified atom stereocenters. The van der Waals surface area contributed by atoms with Crippen molar-refractivity contribution in [3.05, 3.63) is 30.2 Å². The fourth-order valence-corrected chi connectivity index (χ4v) is 2.76. The zero-order chi connectivity index (χ0) is 13.1. The van der Waals surface area contributed by atoms with Crippen molar-refractivity contribution in [2.24, 2.45) is 0 Å². The molecule has 1 aliphatic heterocycles. The highest BCUT2D eigenvalue weighted by atomic mass is 16.3. The average molecular weight is 260 g/mol. The fraction of sp³-hybridized carbons (Fsp3) is 0.533. The van der Waals surface area contributed by atoms with E-state index in [2.05, 4.69) is 9.88 Å². The molecular formula is C15H20N2O2. The number of fused-ring (bicyclic) bond motifs is 1. The van der Waals surface area contributed by atoms with E-state index in [1.165, 1.54) is 0 Å². The molecule has 4 heteroatoms. The molecule has 1 saturated heterocycles. The van der Waals surface area contributed by atoms with Gasteiger partial charge in [-0.05, 0) is 44.5 Å². The van der Waals surface area contributed by atoms with E-state index in [1.807, 2.05) is 24.3 Å². The predicted molar refractivity (Wildman–Crippen MR) is 74.1 cm³/mol. The fourth-order valence-electron chi connectivity index (χ4n) is 2.76. The molecule has 2 aromatic rings. The minimum Gasteiger partial charge on any atom is -0.440 e. The summed E-state index contributed by atoms with van der Waals surface area (Å²) in [6.07, 6.45) is 3.06. The van der Waals surface area contributed by atoms with Gasteiger partial charge in [0.2, 0.25) is 0 Å². The van der Waals surface area contributed by atoms with Crippen LogP contribution in [-0.2, 0) is 0 Å². The van der Waals surface area contributed by atoms with Gasteiger partial charge < -0.3 is 14.4 Å². The molecule has 0 radical (unpaired) electrons. The molecule has 19 heavy (non-hydrogen) atoms. The number of nitrogens with zero attached hydrogens (tertiary/aromatic N) is 2. The van der Waals surface area contributed by atoms with E-state index in [9.17, 15) is 0 Å². The minimum absolute atomic E-state index is 0.283. The van der Waals surface area contributed by atoms with E-state index in [4.69, 9.17) is 9.52 Å². The number of piperidine rings is 1. The number of rotatable bonds is 4. The Hall–Kier alpha value is -1.39. The highest BCUT2D eigenvalue weighted by Gasteiger charge is 2.24. The Labute approximate surface area is 113 Å². The molecule has 0 aliphatic carbocycles. The third-order valence-corrected chi connectivity index (χ3v) is 3.88. The molecule has 0 amide bonds. The summed E-state index contributed by atoms with van der Waals surface area (Å²) in [5.41, 5.74) is 1.85. The molecule has 3 rings (SSSR count). The van der Waals surface area contributed by atoms with Crippen LogP contribution in [0.1, 0.15) is 31.1 Å². The summed E-state index contributed by atoms with van der Waals surface area (Å²) in [7, 11) is 0. The second kappa shape index (κ2) is 5.72. The molecule has 2 heterocycles. The van der Waals surface area contributed by atoms with Crippen molar-refractivity contribution in [1.29, 1.82) is 0 Å². The number of likely N-dealkylation sites (tertiary alicyclic amines) is 1. The number of oxazole rings is 1. The first-order valence-electron chi connectivity index (χ1n) is 7.05. The Bertz CT molecular complexity index is 497. The smallest absolute Gasteiger partial charge is 0.198 e. The normalized spacial score (nSPS) is 18.2. The van der Waals surface area contributed by atoms with Crippen molar-refractivity contribution in [2.75, 3.05) is 26.2 Å². The van der Waals surface area contributed by atoms with Crippen LogP contribution in [0.4, 0.5) is 0 Å². The molecule has 0 saturated carbocycles. The number of hydrogen-bond acceptors (Lipinski definition) is 4. The lowest BCUT2D eigenvalue weighted by Crippen LogP contribution is -2.34. The summed E-state index contributed by atoms with van der Waals surface area (Å²) < 4.78 is 5.85. The summed E-state index contributed by atoms with van der Waals surface area (Å²) in [6.45, 7) is 3.43. The van der Waals surface area contributed by atoms with Gasteiger partial charge in [0.15, 0.2) is 11.5 Å². The molecule has 0 bridgehead atoms. The first-order chi connectivity index (χ1) is 9.36. The molecule has 1 N–H and O–H groups in total. The van der Waals surface area contributed by atoms with Gasteiger partial charge in [0.05, 0.1) is 0 Å². The van der Waals surface area contributed by atoms with E-state index >= 15 is 0 Å². The van der Waals surface area contributed by atoms with Crippen LogP contribution < -0.4 is 0 Å². The number of aliphatic hydroxyl groups is 1. The van der Waals surface area contributed by atoms with Crippen LogP contribution in [0.3, 0.4) is 0 Å². The van der Waals surface area contributed by atoms with E-state index < -0.39 is 0 Å². The largest absolute Gasteiger partial charge is 0.440 e. The van der Waals surface area contributed by atoms with Gasteiger partial charge in [0.25, 0.3) is 0 Å². The third-order valence-electron chi connectivity index (χ3n) is 3.88. The van der Waals surface area contributed by atoms with E-state index in [-0.39, 0.29) is 6.61 Å². The highest BCUT2D eigenvalue weighted by Crippen LogP contribution is 2.29. The second-order valence-electron chi connectivity index (χ2n) is 5.21. The lowest BCUT2D eigenvalue weighted by molar-refractivity contribution is 0.180. The van der Waals surface area contributed by atoms with Crippen LogP contribution in [0.15, 0.2) is 28.7 Å². The SMILES string of the molecule is OCCCN1CCC(c2nc3ccccc3o2)CC1. The number of hydrogen-bond donors (Lipinski definition) is 1. The quantitative estimate of drug-likeness (QED) is 0.917. The third kappa shape index (κ3) is 2.80. The standard InChI is InChI=1S/C15H20N2O2/c18-11-3-8-17-9-6-12(7-10-17)15-16-13-4-1-2-5-14(13)19-15/h1-2,4-5,12,18H,3,6-11H2. The summed E-state index contributed by atoms with van der Waals surface area (Å²) in [5.74, 6) is 1.33. The van der Waals surface area contributed by atoms with Crippen LogP contribution >= 0.6 is 0 Å². The lowest BCUT2D eigenvalue weighted by Gasteiger charge is -2.30. The van der Waals surface area contributed by atoms with Gasteiger partial charge in [0, 0.05) is 19.1 Å². The van der Waals surface area contributed by atoms with Crippen molar-refractivity contribution in [3.8, 4) is 0 Å². The number of para-hydroxylation sites is 2. The van der Waals surface area contributed by atoms with Gasteiger partial charge >= 0.3 is 0 Å². The molecule has 0 spiro atoms. The molecule has 4 nitrogen and oxygen atoms in total. The molecule has 1 aliphatic rings. The van der Waals surface area contributed by atoms with Crippen LogP contribution in [-0.4, -0.2) is 41.2 Å². The van der Waals surface area contributed by atoms with E-state index in [0.29, 0.717) is 5.92 Å². The van der Waals surface area contributed by atoms with Crippen LogP contribution in [0.25, 0.3) is 11.1 Å². The maximum absolute atomic E-state index is 8.86. The van der Waals surface area contributed by atoms with Crippen molar-refractivity contribution in [2.45, 2.75) is 25.2 Å². The second-order valence-corrected chi connectivity index (χ2v) is 5.21. The van der Waals surface area contributed by atoms with Crippen molar-refractivity contribution in [3.63, 3.8) is 0 Å². The molecule has 0 atom stereocenters. The first kappa shape index (κ1) is 12.6. The Balaban J connectivity index is 1.64. The monoisotopic (exact) mass is 260 g/mol. The zero-order valence-electron chi connectivity index (χ0n) is 11.1. The number of aromatic nitrogens is 1. The minimum atomic E-state index is 0.283. The Morgan fingerprint density at radius 2 is 2.05 bits per heavy atom. The van der Waals surface area contributed by atoms with Crippen LogP contribution in [0.2, 0.25) is 0 Å². The van der Waals surface area contributed by atoms with Crippen molar-refractivity contribution in [1.82, 2.24) is 9.88 Å². The molecule has 102 valence electrons. The molecular weight excluding hydrogens is 240 g/mol. The highest BCUT2D eigenvalue weighted by molar-refractivity contribution is 5.72. The zero-order valence-corrected chi connectivity index (χ0v) is 11.1. The van der Waals surface area contributed by atoms with E-state index in [1.54, 1.807) is 0 Å². The Morgan fingerprint density at radius 1 is 1.26 bits per heavy atom. The van der Waals surface area contributed by atoms with Gasteiger partial charge in [-0.2, -0.15) is 0 Å². The summed E-state index contributed by atoms with van der Waals surface area (Å²) in [6, 6.07) is 7.95. The molecule has 1 fully saturated rings. The summed E-state index contributed by atoms with van der Waals surface area (Å²) >= 11 is 0. The first-order valence-corrected chi connectivity index (χ1v) is 7.05. The van der Waals surface area contributed by atoms with Gasteiger partial charge in [-0.1, -0.05) is 12.1 Å². The Kier molecular flexibility index (Phi) is 3.80. The van der Waals surface area contributed by atoms with E-state index in [0.717, 1.165) is 55.9 Å². The number of aliphatic hydroxyl groups excluding tert-OH is 1. The van der Waals surface area contributed by atoms with Gasteiger partial charge in [-0.3, -0.25) is 0 Å². The Morgan fingerprint density at radius 3 is 2.79 bits per heavy atom. The maximum Gasteiger partial charge on any atom is 0.198 e. The predicted octanol–water partition coefficient (Wildman–Crippen LogP) is 2.39. The maximum atomic E-state index is 8.86. The van der Waals surface area contributed by atoms with Gasteiger partial charge in [-0.15, -0.1) is 0 Å². The molecule has 1 aromatic heterocycles.